The standard InChI is InChI=1S/C43H25N3O/c1-3-11-26(12-4-1)41-44-42(27-13-5-2-6-14-27)46-43(45-41)31-17-9-16-28(23-31)29-21-22-34-35(24-29)33-19-10-20-36-39(33)40-37(47-36)25-30-15-7-8-18-32(30)38(34)40/h1-25H. The van der Waals surface area contributed by atoms with Crippen molar-refractivity contribution in [2.75, 3.05) is 0 Å². The summed E-state index contributed by atoms with van der Waals surface area (Å²) in [5, 5.41) is 9.71. The molecule has 0 spiro atoms. The van der Waals surface area contributed by atoms with Crippen molar-refractivity contribution in [1.29, 1.82) is 0 Å². The zero-order valence-corrected chi connectivity index (χ0v) is 25.2. The molecule has 4 heteroatoms. The van der Waals surface area contributed by atoms with E-state index in [9.17, 15) is 0 Å². The molecule has 2 heterocycles. The lowest BCUT2D eigenvalue weighted by Crippen LogP contribution is -2.00. The molecule has 4 nitrogen and oxygen atoms in total. The molecule has 0 atom stereocenters. The Balaban J connectivity index is 1.18. The van der Waals surface area contributed by atoms with Crippen LogP contribution in [0, 0.1) is 0 Å². The quantitative estimate of drug-likeness (QED) is 0.189. The van der Waals surface area contributed by atoms with E-state index in [4.69, 9.17) is 19.4 Å². The molecule has 0 radical (unpaired) electrons. The lowest BCUT2D eigenvalue weighted by Gasteiger charge is -2.13. The summed E-state index contributed by atoms with van der Waals surface area (Å²) in [5.41, 5.74) is 6.93. The van der Waals surface area contributed by atoms with Gasteiger partial charge in [-0.1, -0.05) is 127 Å². The fraction of sp³-hybridized carbons (Fsp3) is 0. The highest BCUT2D eigenvalue weighted by Crippen LogP contribution is 2.46. The second-order valence-corrected chi connectivity index (χ2v) is 12.0. The monoisotopic (exact) mass is 599 g/mol. The molecule has 10 aromatic rings. The Morgan fingerprint density at radius 2 is 0.894 bits per heavy atom. The third-order valence-electron chi connectivity index (χ3n) is 9.24. The van der Waals surface area contributed by atoms with Crippen molar-refractivity contribution in [3.05, 3.63) is 152 Å². The topological polar surface area (TPSA) is 51.8 Å². The average Bonchev–Trinajstić information content (AvgIpc) is 3.53. The number of rotatable bonds is 4. The van der Waals surface area contributed by atoms with Gasteiger partial charge in [0.05, 0.1) is 0 Å². The molecule has 0 saturated heterocycles. The summed E-state index contributed by atoms with van der Waals surface area (Å²) in [7, 11) is 0. The van der Waals surface area contributed by atoms with E-state index in [1.165, 1.54) is 43.1 Å². The highest BCUT2D eigenvalue weighted by atomic mass is 16.3. The number of benzene rings is 8. The molecule has 0 unspecified atom stereocenters. The smallest absolute Gasteiger partial charge is 0.164 e. The van der Waals surface area contributed by atoms with Gasteiger partial charge in [-0.05, 0) is 62.3 Å². The molecule has 10 rings (SSSR count). The van der Waals surface area contributed by atoms with Gasteiger partial charge in [0.2, 0.25) is 0 Å². The number of hydrogen-bond acceptors (Lipinski definition) is 4. The number of aromatic nitrogens is 3. The van der Waals surface area contributed by atoms with Gasteiger partial charge in [0.15, 0.2) is 17.5 Å². The number of nitrogens with zero attached hydrogens (tertiary/aromatic N) is 3. The zero-order chi connectivity index (χ0) is 30.9. The van der Waals surface area contributed by atoms with Gasteiger partial charge in [-0.3, -0.25) is 0 Å². The van der Waals surface area contributed by atoms with Crippen LogP contribution < -0.4 is 0 Å². The molecule has 0 aliphatic heterocycles. The summed E-state index contributed by atoms with van der Waals surface area (Å²) in [4.78, 5) is 14.8. The van der Waals surface area contributed by atoms with E-state index in [1.807, 2.05) is 60.7 Å². The van der Waals surface area contributed by atoms with Crippen LogP contribution in [0.3, 0.4) is 0 Å². The first-order chi connectivity index (χ1) is 23.3. The van der Waals surface area contributed by atoms with Crippen molar-refractivity contribution >= 4 is 54.3 Å². The summed E-state index contributed by atoms with van der Waals surface area (Å²) in [6.07, 6.45) is 0. The van der Waals surface area contributed by atoms with E-state index in [-0.39, 0.29) is 0 Å². The molecule has 218 valence electrons. The molecule has 0 saturated carbocycles. The van der Waals surface area contributed by atoms with Crippen LogP contribution in [-0.4, -0.2) is 15.0 Å². The van der Waals surface area contributed by atoms with E-state index in [1.54, 1.807) is 0 Å². The van der Waals surface area contributed by atoms with Gasteiger partial charge in [0.25, 0.3) is 0 Å². The molecular formula is C43H25N3O. The predicted octanol–water partition coefficient (Wildman–Crippen LogP) is 11.3. The van der Waals surface area contributed by atoms with E-state index >= 15 is 0 Å². The Hall–Kier alpha value is -6.39. The van der Waals surface area contributed by atoms with Crippen LogP contribution >= 0.6 is 0 Å². The maximum absolute atomic E-state index is 6.44. The van der Waals surface area contributed by atoms with Gasteiger partial charge in [-0.15, -0.1) is 0 Å². The van der Waals surface area contributed by atoms with Crippen LogP contribution in [0.2, 0.25) is 0 Å². The van der Waals surface area contributed by atoms with Crippen LogP contribution in [0.25, 0.3) is 99.5 Å². The minimum atomic E-state index is 0.642. The molecule has 0 fully saturated rings. The second kappa shape index (κ2) is 10.1. The largest absolute Gasteiger partial charge is 0.456 e. The zero-order valence-electron chi connectivity index (χ0n) is 25.2. The van der Waals surface area contributed by atoms with Gasteiger partial charge in [-0.25, -0.2) is 15.0 Å². The number of hydrogen-bond donors (Lipinski definition) is 0. The van der Waals surface area contributed by atoms with Gasteiger partial charge in [0, 0.05) is 32.8 Å². The first-order valence-electron chi connectivity index (χ1n) is 15.8. The maximum Gasteiger partial charge on any atom is 0.164 e. The molecule has 47 heavy (non-hydrogen) atoms. The number of fused-ring (bicyclic) bond motifs is 5. The van der Waals surface area contributed by atoms with Crippen molar-refractivity contribution < 1.29 is 4.42 Å². The van der Waals surface area contributed by atoms with E-state index < -0.39 is 0 Å². The van der Waals surface area contributed by atoms with Crippen LogP contribution in [0.5, 0.6) is 0 Å². The third-order valence-corrected chi connectivity index (χ3v) is 9.24. The van der Waals surface area contributed by atoms with Crippen LogP contribution in [0.15, 0.2) is 156 Å². The lowest BCUT2D eigenvalue weighted by atomic mass is 9.89. The Morgan fingerprint density at radius 3 is 1.66 bits per heavy atom. The van der Waals surface area contributed by atoms with Gasteiger partial charge in [0.1, 0.15) is 11.2 Å². The van der Waals surface area contributed by atoms with Gasteiger partial charge in [-0.2, -0.15) is 0 Å². The van der Waals surface area contributed by atoms with Crippen molar-refractivity contribution in [2.24, 2.45) is 0 Å². The highest BCUT2D eigenvalue weighted by Gasteiger charge is 2.20. The van der Waals surface area contributed by atoms with Crippen molar-refractivity contribution in [3.63, 3.8) is 0 Å². The summed E-state index contributed by atoms with van der Waals surface area (Å²) in [6.45, 7) is 0. The highest BCUT2D eigenvalue weighted by molar-refractivity contribution is 6.38. The normalized spacial score (nSPS) is 11.8. The van der Waals surface area contributed by atoms with E-state index in [2.05, 4.69) is 91.0 Å². The Kier molecular flexibility index (Phi) is 5.54. The van der Waals surface area contributed by atoms with Crippen LogP contribution in [0.1, 0.15) is 0 Å². The molecule has 2 aromatic heterocycles. The second-order valence-electron chi connectivity index (χ2n) is 12.0. The summed E-state index contributed by atoms with van der Waals surface area (Å²) >= 11 is 0. The molecular weight excluding hydrogens is 574 g/mol. The fourth-order valence-corrected chi connectivity index (χ4v) is 7.09. The molecule has 0 aliphatic carbocycles. The molecule has 8 aromatic carbocycles. The fourth-order valence-electron chi connectivity index (χ4n) is 7.09. The molecule has 0 bridgehead atoms. The summed E-state index contributed by atoms with van der Waals surface area (Å²) in [6, 6.07) is 52.7. The van der Waals surface area contributed by atoms with Gasteiger partial charge < -0.3 is 4.42 Å². The minimum Gasteiger partial charge on any atom is -0.456 e. The number of furan rings is 1. The molecule has 0 amide bonds. The predicted molar refractivity (Wildman–Crippen MR) is 193 cm³/mol. The summed E-state index contributed by atoms with van der Waals surface area (Å²) < 4.78 is 6.44. The Morgan fingerprint density at radius 1 is 0.319 bits per heavy atom. The van der Waals surface area contributed by atoms with Crippen molar-refractivity contribution in [1.82, 2.24) is 15.0 Å². The Labute approximate surface area is 270 Å². The molecule has 0 N–H and O–H groups in total. The van der Waals surface area contributed by atoms with Crippen molar-refractivity contribution in [3.8, 4) is 45.3 Å². The maximum atomic E-state index is 6.44. The van der Waals surface area contributed by atoms with E-state index in [0.29, 0.717) is 17.5 Å². The van der Waals surface area contributed by atoms with Gasteiger partial charge >= 0.3 is 0 Å². The third kappa shape index (κ3) is 4.05. The van der Waals surface area contributed by atoms with E-state index in [0.717, 1.165) is 39.0 Å². The first-order valence-corrected chi connectivity index (χ1v) is 15.8. The average molecular weight is 600 g/mol. The SMILES string of the molecule is c1ccc(-c2nc(-c3ccccc3)nc(-c3cccc(-c4ccc5c(c4)c4cccc6oc7cc8ccccc8c5c7c64)c3)n2)cc1. The molecule has 0 aliphatic rings. The van der Waals surface area contributed by atoms with Crippen LogP contribution in [0.4, 0.5) is 0 Å². The lowest BCUT2D eigenvalue weighted by molar-refractivity contribution is 0.670. The minimum absolute atomic E-state index is 0.642. The van der Waals surface area contributed by atoms with Crippen molar-refractivity contribution in [2.45, 2.75) is 0 Å². The summed E-state index contributed by atoms with van der Waals surface area (Å²) in [5.74, 6) is 1.95. The van der Waals surface area contributed by atoms with Crippen LogP contribution in [-0.2, 0) is 0 Å². The first kappa shape index (κ1) is 25.9. The Bertz CT molecular complexity index is 2730.